The first-order valence-electron chi connectivity index (χ1n) is 2.70. The second-order valence-electron chi connectivity index (χ2n) is 1.91. The second kappa shape index (κ2) is 6.22. The predicted octanol–water partition coefficient (Wildman–Crippen LogP) is -0.244. The highest BCUT2D eigenvalue weighted by Gasteiger charge is 1.92. The van der Waals surface area contributed by atoms with E-state index in [2.05, 4.69) is 37.7 Å². The summed E-state index contributed by atoms with van der Waals surface area (Å²) in [5, 5.41) is 0. The Labute approximate surface area is 66.4 Å². The molecule has 0 saturated carbocycles. The highest BCUT2D eigenvalue weighted by Crippen LogP contribution is 2.26. The van der Waals surface area contributed by atoms with E-state index >= 15 is 0 Å². The van der Waals surface area contributed by atoms with Crippen LogP contribution in [-0.2, 0) is 11.8 Å². The summed E-state index contributed by atoms with van der Waals surface area (Å²) >= 11 is 3.60. The summed E-state index contributed by atoms with van der Waals surface area (Å²) in [6.45, 7) is -0.542. The van der Waals surface area contributed by atoms with E-state index in [1.165, 1.54) is 0 Å². The van der Waals surface area contributed by atoms with Crippen LogP contribution >= 0.6 is 6.72 Å². The Hall–Kier alpha value is 0.490. The molecule has 0 aromatic carbocycles. The lowest BCUT2D eigenvalue weighted by atomic mass is 10.7. The van der Waals surface area contributed by atoms with Gasteiger partial charge in [0.1, 0.15) is 0 Å². The fraction of sp³-hybridized carbons (Fsp3) is 1.00. The molecule has 0 saturated heterocycles. The fourth-order valence-electron chi connectivity index (χ4n) is 0. The van der Waals surface area contributed by atoms with Crippen molar-refractivity contribution in [3.63, 3.8) is 0 Å². The van der Waals surface area contributed by atoms with E-state index in [1.54, 1.807) is 0 Å². The molecule has 0 aliphatic heterocycles. The van der Waals surface area contributed by atoms with Crippen molar-refractivity contribution in [3.8, 4) is 0 Å². The van der Waals surface area contributed by atoms with Gasteiger partial charge in [0.05, 0.1) is 0 Å². The highest BCUT2D eigenvalue weighted by atomic mass is 32.5. The van der Waals surface area contributed by atoms with Crippen molar-refractivity contribution < 1.29 is 14.7 Å². The van der Waals surface area contributed by atoms with Gasteiger partial charge in [-0.25, -0.2) is 0 Å². The van der Waals surface area contributed by atoms with Gasteiger partial charge in [0.15, 0.2) is 0 Å². The third-order valence-electron chi connectivity index (χ3n) is 0.632. The molecule has 4 nitrogen and oxygen atoms in total. The highest BCUT2D eigenvalue weighted by molar-refractivity contribution is 8.06. The Morgan fingerprint density at radius 3 is 1.40 bits per heavy atom. The molecule has 0 aromatic heterocycles. The molecule has 0 aliphatic rings. The molecule has 0 rings (SSSR count). The minimum atomic E-state index is -3.81. The van der Waals surface area contributed by atoms with Gasteiger partial charge in [-0.05, 0) is 32.4 Å². The van der Waals surface area contributed by atoms with E-state index < -0.39 is 6.72 Å². The van der Waals surface area contributed by atoms with E-state index in [4.69, 9.17) is 14.7 Å². The Morgan fingerprint density at radius 1 is 1.30 bits per heavy atom. The molecule has 0 bridgehead atoms. The van der Waals surface area contributed by atoms with E-state index in [9.17, 15) is 0 Å². The molecule has 0 fully saturated rings. The molecule has 0 atom stereocenters. The smallest absolute Gasteiger partial charge is 0.319 e. The molecular formula is C4H14NO3PS. The van der Waals surface area contributed by atoms with E-state index in [0.717, 1.165) is 6.54 Å². The third-order valence-corrected chi connectivity index (χ3v) is 0.632. The SMILES string of the molecule is CCN(C)C.OP(O)(O)=S. The zero-order valence-corrected chi connectivity index (χ0v) is 8.06. The fourth-order valence-corrected chi connectivity index (χ4v) is 0. The summed E-state index contributed by atoms with van der Waals surface area (Å²) in [5.41, 5.74) is 0. The summed E-state index contributed by atoms with van der Waals surface area (Å²) in [6.07, 6.45) is 0. The second-order valence-corrected chi connectivity index (χ2v) is 4.41. The number of rotatable bonds is 1. The van der Waals surface area contributed by atoms with Gasteiger partial charge in [-0.2, -0.15) is 0 Å². The van der Waals surface area contributed by atoms with Crippen molar-refractivity contribution in [1.29, 1.82) is 0 Å². The molecule has 3 N–H and O–H groups in total. The molecule has 0 heterocycles. The zero-order chi connectivity index (χ0) is 8.78. The van der Waals surface area contributed by atoms with Gasteiger partial charge < -0.3 is 19.6 Å². The Morgan fingerprint density at radius 2 is 1.40 bits per heavy atom. The summed E-state index contributed by atoms with van der Waals surface area (Å²) < 4.78 is 0. The number of nitrogens with zero attached hydrogens (tertiary/aromatic N) is 1. The van der Waals surface area contributed by atoms with Crippen LogP contribution in [-0.4, -0.2) is 40.2 Å². The number of hydrogen-bond donors (Lipinski definition) is 3. The van der Waals surface area contributed by atoms with Crippen molar-refractivity contribution in [3.05, 3.63) is 0 Å². The quantitative estimate of drug-likeness (QED) is 0.494. The largest absolute Gasteiger partial charge is 0.325 e. The number of hydrogen-bond acceptors (Lipinski definition) is 2. The molecule has 0 radical (unpaired) electrons. The minimum absolute atomic E-state index is 1.14. The first-order valence-corrected chi connectivity index (χ1v) is 5.36. The summed E-state index contributed by atoms with van der Waals surface area (Å²) in [5.74, 6) is 0. The van der Waals surface area contributed by atoms with Crippen LogP contribution in [0.4, 0.5) is 0 Å². The van der Waals surface area contributed by atoms with Gasteiger partial charge in [0, 0.05) is 0 Å². The first-order chi connectivity index (χ1) is 4.27. The Bertz CT molecular complexity index is 105. The van der Waals surface area contributed by atoms with Crippen molar-refractivity contribution >= 4 is 18.5 Å². The maximum Gasteiger partial charge on any atom is 0.319 e. The van der Waals surface area contributed by atoms with Crippen LogP contribution in [0.1, 0.15) is 6.92 Å². The van der Waals surface area contributed by atoms with Crippen LogP contribution in [0.25, 0.3) is 0 Å². The van der Waals surface area contributed by atoms with Gasteiger partial charge >= 0.3 is 6.72 Å². The van der Waals surface area contributed by atoms with Crippen LogP contribution < -0.4 is 0 Å². The predicted molar refractivity (Wildman–Crippen MR) is 45.2 cm³/mol. The molecule has 64 valence electrons. The van der Waals surface area contributed by atoms with E-state index in [0.29, 0.717) is 0 Å². The van der Waals surface area contributed by atoms with E-state index in [1.807, 2.05) is 0 Å². The van der Waals surface area contributed by atoms with Gasteiger partial charge in [-0.3, -0.25) is 0 Å². The monoisotopic (exact) mass is 187 g/mol. The van der Waals surface area contributed by atoms with Crippen molar-refractivity contribution in [2.24, 2.45) is 0 Å². The molecular weight excluding hydrogens is 173 g/mol. The third kappa shape index (κ3) is 76.8. The molecule has 0 unspecified atom stereocenters. The van der Waals surface area contributed by atoms with Gasteiger partial charge in [-0.1, -0.05) is 6.92 Å². The van der Waals surface area contributed by atoms with Crippen molar-refractivity contribution in [2.75, 3.05) is 20.6 Å². The van der Waals surface area contributed by atoms with Crippen LogP contribution in [0.5, 0.6) is 0 Å². The molecule has 0 aliphatic carbocycles. The zero-order valence-electron chi connectivity index (χ0n) is 6.35. The maximum absolute atomic E-state index is 7.56. The molecule has 10 heavy (non-hydrogen) atoms. The molecule has 0 aromatic rings. The van der Waals surface area contributed by atoms with Gasteiger partial charge in [-0.15, -0.1) is 0 Å². The van der Waals surface area contributed by atoms with Crippen LogP contribution in [0.15, 0.2) is 0 Å². The Kier molecular flexibility index (Phi) is 8.15. The lowest BCUT2D eigenvalue weighted by molar-refractivity contribution is 0.363. The van der Waals surface area contributed by atoms with Gasteiger partial charge in [0.25, 0.3) is 0 Å². The average Bonchev–Trinajstić information content (AvgIpc) is 1.61. The van der Waals surface area contributed by atoms with Crippen LogP contribution in [0.2, 0.25) is 0 Å². The maximum atomic E-state index is 7.56. The summed E-state index contributed by atoms with van der Waals surface area (Å²) in [4.78, 5) is 24.8. The van der Waals surface area contributed by atoms with Crippen LogP contribution in [0, 0.1) is 0 Å². The van der Waals surface area contributed by atoms with Crippen LogP contribution in [0.3, 0.4) is 0 Å². The molecule has 0 spiro atoms. The molecule has 6 heteroatoms. The normalized spacial score (nSPS) is 10.7. The average molecular weight is 187 g/mol. The topological polar surface area (TPSA) is 63.9 Å². The van der Waals surface area contributed by atoms with Crippen molar-refractivity contribution in [1.82, 2.24) is 4.90 Å². The van der Waals surface area contributed by atoms with Gasteiger partial charge in [0.2, 0.25) is 0 Å². The van der Waals surface area contributed by atoms with E-state index in [-0.39, 0.29) is 0 Å². The molecule has 0 amide bonds. The Balaban J connectivity index is 0. The van der Waals surface area contributed by atoms with Crippen molar-refractivity contribution in [2.45, 2.75) is 6.92 Å². The summed E-state index contributed by atoms with van der Waals surface area (Å²) in [7, 11) is 4.11. The lowest BCUT2D eigenvalue weighted by Gasteiger charge is -2.00. The first kappa shape index (κ1) is 13.1. The minimum Gasteiger partial charge on any atom is -0.325 e. The summed E-state index contributed by atoms with van der Waals surface area (Å²) in [6, 6.07) is 0. The lowest BCUT2D eigenvalue weighted by Crippen LogP contribution is -2.08. The standard InChI is InChI=1S/C4H11N.H3O3PS/c1-4-5(2)3;1-4(2,3)5/h4H2,1-3H3;(H3,1,2,3,5).